The van der Waals surface area contributed by atoms with Gasteiger partial charge >= 0.3 is 5.97 Å². The van der Waals surface area contributed by atoms with Crippen LogP contribution in [0.4, 0.5) is 0 Å². The van der Waals surface area contributed by atoms with Gasteiger partial charge in [0, 0.05) is 37.1 Å². The van der Waals surface area contributed by atoms with Gasteiger partial charge in [0.05, 0.1) is 10.9 Å². The molecule has 0 bridgehead atoms. The van der Waals surface area contributed by atoms with Crippen molar-refractivity contribution in [3.8, 4) is 0 Å². The van der Waals surface area contributed by atoms with Gasteiger partial charge in [-0.15, -0.1) is 11.3 Å². The summed E-state index contributed by atoms with van der Waals surface area (Å²) in [6.45, 7) is 2.57. The van der Waals surface area contributed by atoms with Gasteiger partial charge in [0.1, 0.15) is 0 Å². The first-order valence-corrected chi connectivity index (χ1v) is 9.09. The molecular weight excluding hydrogens is 314 g/mol. The minimum Gasteiger partial charge on any atom is -0.481 e. The van der Waals surface area contributed by atoms with Crippen molar-refractivity contribution in [3.05, 3.63) is 16.1 Å². The number of aryl methyl sites for hydroxylation is 1. The van der Waals surface area contributed by atoms with Gasteiger partial charge in [-0.25, -0.2) is 9.71 Å². The SMILES string of the molecule is Cc1csc(CCNS(=O)(=O)N2CCCC(C(=O)O)C2)n1. The summed E-state index contributed by atoms with van der Waals surface area (Å²) in [5.74, 6) is -1.55. The number of hydrogen-bond acceptors (Lipinski definition) is 5. The van der Waals surface area contributed by atoms with Crippen LogP contribution >= 0.6 is 11.3 Å². The van der Waals surface area contributed by atoms with Crippen molar-refractivity contribution in [2.45, 2.75) is 26.2 Å². The number of aromatic nitrogens is 1. The van der Waals surface area contributed by atoms with Crippen molar-refractivity contribution >= 4 is 27.5 Å². The number of aliphatic carboxylic acids is 1. The summed E-state index contributed by atoms with van der Waals surface area (Å²) in [6.07, 6.45) is 1.64. The quantitative estimate of drug-likeness (QED) is 0.795. The van der Waals surface area contributed by atoms with Gasteiger partial charge in [-0.2, -0.15) is 12.7 Å². The predicted molar refractivity (Wildman–Crippen MR) is 79.4 cm³/mol. The average molecular weight is 333 g/mol. The minimum absolute atomic E-state index is 0.0427. The summed E-state index contributed by atoms with van der Waals surface area (Å²) < 4.78 is 28.1. The lowest BCUT2D eigenvalue weighted by atomic mass is 10.0. The largest absolute Gasteiger partial charge is 0.481 e. The molecule has 1 saturated heterocycles. The molecular formula is C12H19N3O4S2. The van der Waals surface area contributed by atoms with Gasteiger partial charge in [0.2, 0.25) is 0 Å². The van der Waals surface area contributed by atoms with E-state index in [0.717, 1.165) is 10.7 Å². The van der Waals surface area contributed by atoms with E-state index >= 15 is 0 Å². The van der Waals surface area contributed by atoms with Gasteiger partial charge < -0.3 is 5.11 Å². The third-order valence-electron chi connectivity index (χ3n) is 3.36. The Bertz CT molecular complexity index is 599. The lowest BCUT2D eigenvalue weighted by Crippen LogP contribution is -2.47. The third-order valence-corrected chi connectivity index (χ3v) is 5.97. The fourth-order valence-electron chi connectivity index (χ4n) is 2.26. The summed E-state index contributed by atoms with van der Waals surface area (Å²) in [4.78, 5) is 15.2. The van der Waals surface area contributed by atoms with Crippen LogP contribution < -0.4 is 4.72 Å². The van der Waals surface area contributed by atoms with Crippen LogP contribution in [0.2, 0.25) is 0 Å². The second kappa shape index (κ2) is 6.82. The molecule has 21 heavy (non-hydrogen) atoms. The molecule has 1 fully saturated rings. The van der Waals surface area contributed by atoms with E-state index in [9.17, 15) is 13.2 Å². The molecule has 118 valence electrons. The Morgan fingerprint density at radius 2 is 2.38 bits per heavy atom. The highest BCUT2D eigenvalue weighted by atomic mass is 32.2. The molecule has 0 spiro atoms. The predicted octanol–water partition coefficient (Wildman–Crippen LogP) is 0.625. The number of rotatable bonds is 6. The second-order valence-corrected chi connectivity index (χ2v) is 7.77. The van der Waals surface area contributed by atoms with Crippen LogP contribution in [0.25, 0.3) is 0 Å². The van der Waals surface area contributed by atoms with E-state index in [1.807, 2.05) is 12.3 Å². The number of carboxylic acid groups (broad SMARTS) is 1. The number of thiazole rings is 1. The van der Waals surface area contributed by atoms with Crippen molar-refractivity contribution in [3.63, 3.8) is 0 Å². The summed E-state index contributed by atoms with van der Waals surface area (Å²) in [5, 5.41) is 11.8. The highest BCUT2D eigenvalue weighted by molar-refractivity contribution is 7.87. The molecule has 0 aromatic carbocycles. The Morgan fingerprint density at radius 3 is 3.00 bits per heavy atom. The van der Waals surface area contributed by atoms with Crippen LogP contribution in [-0.2, 0) is 21.4 Å². The highest BCUT2D eigenvalue weighted by Gasteiger charge is 2.31. The van der Waals surface area contributed by atoms with Crippen LogP contribution in [0, 0.1) is 12.8 Å². The standard InChI is InChI=1S/C12H19N3O4S2/c1-9-8-20-11(14-9)4-5-13-21(18,19)15-6-2-3-10(7-15)12(16)17/h8,10,13H,2-7H2,1H3,(H,16,17). The van der Waals surface area contributed by atoms with E-state index in [1.54, 1.807) is 0 Å². The van der Waals surface area contributed by atoms with Gasteiger partial charge in [-0.05, 0) is 19.8 Å². The minimum atomic E-state index is -3.62. The molecule has 0 aliphatic carbocycles. The first-order chi connectivity index (χ1) is 9.88. The Balaban J connectivity index is 1.87. The van der Waals surface area contributed by atoms with Gasteiger partial charge in [0.15, 0.2) is 0 Å². The third kappa shape index (κ3) is 4.47. The number of carboxylic acids is 1. The first kappa shape index (κ1) is 16.3. The molecule has 0 radical (unpaired) electrons. The number of nitrogens with one attached hydrogen (secondary N) is 1. The number of piperidine rings is 1. The smallest absolute Gasteiger partial charge is 0.307 e. The lowest BCUT2D eigenvalue weighted by molar-refractivity contribution is -0.142. The highest BCUT2D eigenvalue weighted by Crippen LogP contribution is 2.18. The molecule has 2 N–H and O–H groups in total. The molecule has 1 aromatic heterocycles. The van der Waals surface area contributed by atoms with Gasteiger partial charge in [-0.3, -0.25) is 4.79 Å². The van der Waals surface area contributed by atoms with E-state index in [1.165, 1.54) is 15.6 Å². The molecule has 2 rings (SSSR count). The van der Waals surface area contributed by atoms with Crippen LogP contribution in [0.15, 0.2) is 5.38 Å². The fraction of sp³-hybridized carbons (Fsp3) is 0.667. The zero-order valence-electron chi connectivity index (χ0n) is 11.8. The van der Waals surface area contributed by atoms with Crippen molar-refractivity contribution in [2.75, 3.05) is 19.6 Å². The Labute approximate surface area is 128 Å². The van der Waals surface area contributed by atoms with Crippen molar-refractivity contribution in [1.29, 1.82) is 0 Å². The maximum atomic E-state index is 12.2. The van der Waals surface area contributed by atoms with Gasteiger partial charge in [0.25, 0.3) is 10.2 Å². The molecule has 2 heterocycles. The summed E-state index contributed by atoms with van der Waals surface area (Å²) >= 11 is 1.50. The lowest BCUT2D eigenvalue weighted by Gasteiger charge is -2.29. The second-order valence-electron chi connectivity index (χ2n) is 5.07. The van der Waals surface area contributed by atoms with E-state index in [4.69, 9.17) is 5.11 Å². The first-order valence-electron chi connectivity index (χ1n) is 6.77. The van der Waals surface area contributed by atoms with E-state index < -0.39 is 22.1 Å². The summed E-state index contributed by atoms with van der Waals surface area (Å²) in [5.41, 5.74) is 0.929. The van der Waals surface area contributed by atoms with Crippen LogP contribution in [0.1, 0.15) is 23.5 Å². The molecule has 1 aliphatic heterocycles. The van der Waals surface area contributed by atoms with Gasteiger partial charge in [-0.1, -0.05) is 0 Å². The maximum Gasteiger partial charge on any atom is 0.307 e. The molecule has 1 aromatic rings. The zero-order valence-corrected chi connectivity index (χ0v) is 13.4. The fourth-order valence-corrected chi connectivity index (χ4v) is 4.32. The molecule has 9 heteroatoms. The monoisotopic (exact) mass is 333 g/mol. The van der Waals surface area contributed by atoms with Crippen LogP contribution in [-0.4, -0.2) is 48.4 Å². The molecule has 1 aliphatic rings. The Morgan fingerprint density at radius 1 is 1.62 bits per heavy atom. The Kier molecular flexibility index (Phi) is 5.31. The molecule has 1 unspecified atom stereocenters. The van der Waals surface area contributed by atoms with E-state index in [-0.39, 0.29) is 13.1 Å². The zero-order chi connectivity index (χ0) is 15.5. The molecule has 1 atom stereocenters. The maximum absolute atomic E-state index is 12.2. The summed E-state index contributed by atoms with van der Waals surface area (Å²) in [6, 6.07) is 0. The average Bonchev–Trinajstić information content (AvgIpc) is 2.84. The van der Waals surface area contributed by atoms with Crippen LogP contribution in [0.5, 0.6) is 0 Å². The van der Waals surface area contributed by atoms with Crippen molar-refractivity contribution < 1.29 is 18.3 Å². The molecule has 0 saturated carbocycles. The van der Waals surface area contributed by atoms with Crippen molar-refractivity contribution in [2.24, 2.45) is 5.92 Å². The topological polar surface area (TPSA) is 99.6 Å². The number of nitrogens with zero attached hydrogens (tertiary/aromatic N) is 2. The van der Waals surface area contributed by atoms with E-state index in [2.05, 4.69) is 9.71 Å². The number of carbonyl (C=O) groups is 1. The van der Waals surface area contributed by atoms with Crippen molar-refractivity contribution in [1.82, 2.24) is 14.0 Å². The van der Waals surface area contributed by atoms with Crippen LogP contribution in [0.3, 0.4) is 0 Å². The molecule has 7 nitrogen and oxygen atoms in total. The normalized spacial score (nSPS) is 20.5. The summed E-state index contributed by atoms with van der Waals surface area (Å²) in [7, 11) is -3.62. The molecule has 0 amide bonds. The van der Waals surface area contributed by atoms with E-state index in [0.29, 0.717) is 25.8 Å². The number of hydrogen-bond donors (Lipinski definition) is 2. The Hall–Kier alpha value is -1.03.